The number of hydrogen-bond donors (Lipinski definition) is 2. The third-order valence-electron chi connectivity index (χ3n) is 4.07. The van der Waals surface area contributed by atoms with Gasteiger partial charge in [-0.25, -0.2) is 4.68 Å². The quantitative estimate of drug-likeness (QED) is 0.605. The van der Waals surface area contributed by atoms with E-state index in [0.29, 0.717) is 16.6 Å². The number of amides is 2. The van der Waals surface area contributed by atoms with Crippen LogP contribution in [0.1, 0.15) is 12.0 Å². The van der Waals surface area contributed by atoms with Crippen LogP contribution in [0, 0.1) is 6.92 Å². The van der Waals surface area contributed by atoms with E-state index in [2.05, 4.69) is 36.9 Å². The Bertz CT molecular complexity index is 1100. The van der Waals surface area contributed by atoms with E-state index in [1.807, 2.05) is 25.1 Å². The van der Waals surface area contributed by atoms with Gasteiger partial charge in [0.1, 0.15) is 12.1 Å². The molecule has 3 aromatic rings. The lowest BCUT2D eigenvalue weighted by Gasteiger charge is -2.10. The lowest BCUT2D eigenvalue weighted by Crippen LogP contribution is -2.35. The maximum atomic E-state index is 12.3. The van der Waals surface area contributed by atoms with Crippen molar-refractivity contribution in [2.45, 2.75) is 19.9 Å². The number of anilines is 1. The van der Waals surface area contributed by atoms with Gasteiger partial charge in [0.2, 0.25) is 11.8 Å². The molecule has 0 spiro atoms. The summed E-state index contributed by atoms with van der Waals surface area (Å²) in [6.45, 7) is 1.78. The Kier molecular flexibility index (Phi) is 6.15. The Morgan fingerprint density at radius 2 is 1.93 bits per heavy atom. The molecule has 1 heterocycles. The number of halogens is 1. The van der Waals surface area contributed by atoms with Crippen LogP contribution in [0.5, 0.6) is 0 Å². The summed E-state index contributed by atoms with van der Waals surface area (Å²) in [5.74, 6) is -0.637. The largest absolute Gasteiger partial charge is 0.354 e. The number of hydrogen-bond acceptors (Lipinski definition) is 5. The normalized spacial score (nSPS) is 10.6. The standard InChI is InChI=1S/C19H18BrN5O3/c1-12-6-7-13(20)10-16(12)22-17(26)8-9-21-18(27)11-25-19(28)14-4-2-3-5-15(14)23-24-25/h2-7,10H,8-9,11H2,1H3,(H,21,27)(H,22,26). The van der Waals surface area contributed by atoms with E-state index in [9.17, 15) is 14.4 Å². The van der Waals surface area contributed by atoms with Crippen LogP contribution in [0.3, 0.4) is 0 Å². The lowest BCUT2D eigenvalue weighted by atomic mass is 10.2. The summed E-state index contributed by atoms with van der Waals surface area (Å²) in [4.78, 5) is 36.4. The first-order valence-electron chi connectivity index (χ1n) is 8.59. The molecule has 2 aromatic carbocycles. The highest BCUT2D eigenvalue weighted by Gasteiger charge is 2.10. The Hall–Kier alpha value is -3.07. The molecule has 0 radical (unpaired) electrons. The van der Waals surface area contributed by atoms with E-state index >= 15 is 0 Å². The fraction of sp³-hybridized carbons (Fsp3) is 0.211. The van der Waals surface area contributed by atoms with Crippen molar-refractivity contribution in [1.29, 1.82) is 0 Å². The van der Waals surface area contributed by atoms with Gasteiger partial charge in [-0.15, -0.1) is 5.10 Å². The molecule has 0 saturated heterocycles. The van der Waals surface area contributed by atoms with E-state index < -0.39 is 5.91 Å². The molecule has 9 heteroatoms. The molecule has 0 unspecified atom stereocenters. The molecule has 0 atom stereocenters. The van der Waals surface area contributed by atoms with Gasteiger partial charge in [0.25, 0.3) is 5.56 Å². The van der Waals surface area contributed by atoms with Gasteiger partial charge in [0, 0.05) is 23.1 Å². The zero-order valence-corrected chi connectivity index (χ0v) is 16.7. The highest BCUT2D eigenvalue weighted by atomic mass is 79.9. The molecule has 0 bridgehead atoms. The maximum Gasteiger partial charge on any atom is 0.278 e. The molecule has 0 aliphatic rings. The van der Waals surface area contributed by atoms with Crippen LogP contribution in [0.4, 0.5) is 5.69 Å². The van der Waals surface area contributed by atoms with Gasteiger partial charge < -0.3 is 10.6 Å². The molecular weight excluding hydrogens is 426 g/mol. The smallest absolute Gasteiger partial charge is 0.278 e. The van der Waals surface area contributed by atoms with Crippen molar-refractivity contribution in [2.75, 3.05) is 11.9 Å². The molecule has 0 aliphatic carbocycles. The predicted molar refractivity (Wildman–Crippen MR) is 109 cm³/mol. The average Bonchev–Trinajstić information content (AvgIpc) is 2.67. The minimum Gasteiger partial charge on any atom is -0.354 e. The zero-order chi connectivity index (χ0) is 20.1. The Balaban J connectivity index is 1.52. The van der Waals surface area contributed by atoms with Crippen molar-refractivity contribution in [3.63, 3.8) is 0 Å². The van der Waals surface area contributed by atoms with Crippen LogP contribution < -0.4 is 16.2 Å². The molecule has 0 aliphatic heterocycles. The third-order valence-corrected chi connectivity index (χ3v) is 4.56. The van der Waals surface area contributed by atoms with Crippen LogP contribution in [0.15, 0.2) is 51.7 Å². The maximum absolute atomic E-state index is 12.3. The SMILES string of the molecule is Cc1ccc(Br)cc1NC(=O)CCNC(=O)Cn1nnc2ccccc2c1=O. The van der Waals surface area contributed by atoms with Crippen molar-refractivity contribution in [1.82, 2.24) is 20.3 Å². The highest BCUT2D eigenvalue weighted by molar-refractivity contribution is 9.10. The van der Waals surface area contributed by atoms with Gasteiger partial charge in [-0.1, -0.05) is 39.3 Å². The number of rotatable bonds is 6. The number of aromatic nitrogens is 3. The van der Waals surface area contributed by atoms with Crippen LogP contribution in [0.25, 0.3) is 10.9 Å². The summed E-state index contributed by atoms with van der Waals surface area (Å²) >= 11 is 3.36. The molecule has 144 valence electrons. The van der Waals surface area contributed by atoms with Gasteiger partial charge in [-0.3, -0.25) is 14.4 Å². The van der Waals surface area contributed by atoms with Crippen LogP contribution in [-0.4, -0.2) is 33.4 Å². The fourth-order valence-electron chi connectivity index (χ4n) is 2.58. The molecule has 2 N–H and O–H groups in total. The molecule has 0 fully saturated rings. The van der Waals surface area contributed by atoms with E-state index in [1.165, 1.54) is 0 Å². The van der Waals surface area contributed by atoms with Crippen molar-refractivity contribution in [3.05, 3.63) is 62.9 Å². The number of aryl methyl sites for hydroxylation is 1. The molecule has 2 amide bonds. The first-order chi connectivity index (χ1) is 13.4. The Morgan fingerprint density at radius 3 is 2.75 bits per heavy atom. The Morgan fingerprint density at radius 1 is 1.14 bits per heavy atom. The summed E-state index contributed by atoms with van der Waals surface area (Å²) in [7, 11) is 0. The van der Waals surface area contributed by atoms with Crippen molar-refractivity contribution >= 4 is 44.3 Å². The topological polar surface area (TPSA) is 106 Å². The van der Waals surface area contributed by atoms with Crippen LogP contribution in [0.2, 0.25) is 0 Å². The van der Waals surface area contributed by atoms with Crippen LogP contribution in [-0.2, 0) is 16.1 Å². The summed E-state index contributed by atoms with van der Waals surface area (Å²) in [5.41, 5.74) is 1.74. The second-order valence-electron chi connectivity index (χ2n) is 6.18. The van der Waals surface area contributed by atoms with Gasteiger partial charge in [-0.05, 0) is 36.8 Å². The molecule has 3 rings (SSSR count). The van der Waals surface area contributed by atoms with Crippen molar-refractivity contribution < 1.29 is 9.59 Å². The fourth-order valence-corrected chi connectivity index (χ4v) is 2.94. The molecule has 0 saturated carbocycles. The minimum atomic E-state index is -0.418. The number of carbonyl (C=O) groups excluding carboxylic acids is 2. The van der Waals surface area contributed by atoms with Crippen molar-refractivity contribution in [2.24, 2.45) is 0 Å². The number of fused-ring (bicyclic) bond motifs is 1. The van der Waals surface area contributed by atoms with Crippen molar-refractivity contribution in [3.8, 4) is 0 Å². The average molecular weight is 444 g/mol. The molecular formula is C19H18BrN5O3. The monoisotopic (exact) mass is 443 g/mol. The minimum absolute atomic E-state index is 0.107. The van der Waals surface area contributed by atoms with E-state index in [4.69, 9.17) is 0 Å². The second-order valence-corrected chi connectivity index (χ2v) is 7.09. The number of carbonyl (C=O) groups is 2. The first kappa shape index (κ1) is 19.7. The third kappa shape index (κ3) is 4.80. The Labute approximate surface area is 169 Å². The lowest BCUT2D eigenvalue weighted by molar-refractivity contribution is -0.122. The second kappa shape index (κ2) is 8.75. The number of nitrogens with one attached hydrogen (secondary N) is 2. The van der Waals surface area contributed by atoms with Gasteiger partial charge >= 0.3 is 0 Å². The summed E-state index contributed by atoms with van der Waals surface area (Å²) < 4.78 is 1.87. The number of nitrogens with zero attached hydrogens (tertiary/aromatic N) is 3. The highest BCUT2D eigenvalue weighted by Crippen LogP contribution is 2.20. The van der Waals surface area contributed by atoms with Crippen LogP contribution >= 0.6 is 15.9 Å². The summed E-state index contributed by atoms with van der Waals surface area (Å²) in [6.07, 6.45) is 0.107. The van der Waals surface area contributed by atoms with Gasteiger partial charge in [0.15, 0.2) is 0 Å². The molecule has 28 heavy (non-hydrogen) atoms. The van der Waals surface area contributed by atoms with Gasteiger partial charge in [-0.2, -0.15) is 0 Å². The first-order valence-corrected chi connectivity index (χ1v) is 9.38. The molecule has 1 aromatic heterocycles. The van der Waals surface area contributed by atoms with E-state index in [1.54, 1.807) is 24.3 Å². The molecule has 8 nitrogen and oxygen atoms in total. The number of benzene rings is 2. The van der Waals surface area contributed by atoms with E-state index in [0.717, 1.165) is 14.7 Å². The van der Waals surface area contributed by atoms with E-state index in [-0.39, 0.29) is 31.0 Å². The zero-order valence-electron chi connectivity index (χ0n) is 15.1. The summed E-state index contributed by atoms with van der Waals surface area (Å²) in [5, 5.41) is 13.5. The predicted octanol–water partition coefficient (Wildman–Crippen LogP) is 2.01. The summed E-state index contributed by atoms with van der Waals surface area (Å²) in [6, 6.07) is 12.4. The van der Waals surface area contributed by atoms with Gasteiger partial charge in [0.05, 0.1) is 5.39 Å².